The molecule has 0 bridgehead atoms. The molecule has 1 aromatic heterocycles. The minimum atomic E-state index is -3.33. The van der Waals surface area contributed by atoms with E-state index in [2.05, 4.69) is 26.4 Å². The number of nitrogens with zero attached hydrogens (tertiary/aromatic N) is 4. The second-order valence-electron chi connectivity index (χ2n) is 10.7. The first kappa shape index (κ1) is 33.0. The molecule has 47 heavy (non-hydrogen) atoms. The average molecular weight is 668 g/mol. The summed E-state index contributed by atoms with van der Waals surface area (Å²) in [6.45, 7) is 3.60. The molecule has 11 nitrogen and oxygen atoms in total. The smallest absolute Gasteiger partial charge is 0.231 e. The monoisotopic (exact) mass is 667 g/mol. The second kappa shape index (κ2) is 13.9. The predicted molar refractivity (Wildman–Crippen MR) is 188 cm³/mol. The van der Waals surface area contributed by atoms with E-state index >= 15 is 0 Å². The van der Waals surface area contributed by atoms with Crippen LogP contribution in [0.3, 0.4) is 0 Å². The fraction of sp³-hybridized carbons (Fsp3) is 0.118. The van der Waals surface area contributed by atoms with Crippen molar-refractivity contribution in [3.63, 3.8) is 0 Å². The maximum Gasteiger partial charge on any atom is 0.231 e. The van der Waals surface area contributed by atoms with Crippen molar-refractivity contribution in [1.29, 1.82) is 0 Å². The van der Waals surface area contributed by atoms with E-state index in [0.29, 0.717) is 28.6 Å². The summed E-state index contributed by atoms with van der Waals surface area (Å²) in [6.07, 6.45) is 2.33. The highest BCUT2D eigenvalue weighted by atomic mass is 32.2. The number of hydrogen-bond donors (Lipinski definition) is 3. The van der Waals surface area contributed by atoms with E-state index in [1.807, 2.05) is 60.7 Å². The van der Waals surface area contributed by atoms with Crippen LogP contribution in [-0.4, -0.2) is 50.7 Å². The molecule has 0 aliphatic heterocycles. The van der Waals surface area contributed by atoms with Crippen LogP contribution in [-0.2, 0) is 19.7 Å². The van der Waals surface area contributed by atoms with Gasteiger partial charge in [0.1, 0.15) is 0 Å². The highest BCUT2D eigenvalue weighted by Crippen LogP contribution is 2.35. The van der Waals surface area contributed by atoms with Gasteiger partial charge in [0.2, 0.25) is 5.95 Å². The van der Waals surface area contributed by atoms with Crippen LogP contribution < -0.4 is 16.2 Å². The number of benzene rings is 4. The summed E-state index contributed by atoms with van der Waals surface area (Å²) in [6, 6.07) is 32.0. The van der Waals surface area contributed by atoms with Crippen LogP contribution in [0.1, 0.15) is 25.0 Å². The molecule has 4 aromatic carbocycles. The van der Waals surface area contributed by atoms with Crippen molar-refractivity contribution < 1.29 is 16.8 Å². The van der Waals surface area contributed by atoms with Gasteiger partial charge in [-0.2, -0.15) is 20.2 Å². The molecule has 13 heteroatoms. The third-order valence-corrected chi connectivity index (χ3v) is 9.32. The van der Waals surface area contributed by atoms with Gasteiger partial charge in [0.05, 0.1) is 26.8 Å². The molecule has 0 saturated heterocycles. The first-order valence-corrected chi connectivity index (χ1v) is 18.2. The van der Waals surface area contributed by atoms with Crippen LogP contribution in [0.15, 0.2) is 129 Å². The van der Waals surface area contributed by atoms with E-state index in [0.717, 1.165) is 34.9 Å². The zero-order chi connectivity index (χ0) is 33.6. The fourth-order valence-corrected chi connectivity index (χ4v) is 5.76. The molecule has 5 aromatic rings. The largest absolute Gasteiger partial charge is 0.324 e. The average Bonchev–Trinajstić information content (AvgIpc) is 3.06. The van der Waals surface area contributed by atoms with E-state index < -0.39 is 19.7 Å². The molecule has 0 saturated carbocycles. The molecular weight excluding hydrogens is 635 g/mol. The van der Waals surface area contributed by atoms with Gasteiger partial charge in [-0.05, 0) is 66.9 Å². The molecule has 240 valence electrons. The molecule has 0 aliphatic rings. The molecule has 0 atom stereocenters. The quantitative estimate of drug-likeness (QED) is 0.108. The molecular formula is C34H33N7O4S2. The Morgan fingerprint density at radius 2 is 0.979 bits per heavy atom. The second-order valence-corrected chi connectivity index (χ2v) is 14.7. The van der Waals surface area contributed by atoms with E-state index in [9.17, 15) is 16.8 Å². The zero-order valence-corrected chi connectivity index (χ0v) is 27.8. The van der Waals surface area contributed by atoms with Crippen molar-refractivity contribution in [2.75, 3.05) is 28.7 Å². The van der Waals surface area contributed by atoms with Gasteiger partial charge in [-0.25, -0.2) is 16.8 Å². The van der Waals surface area contributed by atoms with Crippen molar-refractivity contribution in [1.82, 2.24) is 9.97 Å². The van der Waals surface area contributed by atoms with Crippen LogP contribution in [0.5, 0.6) is 0 Å². The highest BCUT2D eigenvalue weighted by molar-refractivity contribution is 7.91. The van der Waals surface area contributed by atoms with Crippen molar-refractivity contribution >= 4 is 54.4 Å². The van der Waals surface area contributed by atoms with Gasteiger partial charge in [0.15, 0.2) is 31.3 Å². The van der Waals surface area contributed by atoms with Gasteiger partial charge >= 0.3 is 0 Å². The molecule has 1 heterocycles. The standard InChI is InChI=1S/C34H33N7O4S2/c1-23(25-15-19-29(20-16-25)46(3,42)43)38-40-32-31(27-11-7-5-8-12-27)33(37-34(36-32)35-28-13-9-6-10-14-28)41-39-24(2)26-17-21-30(22-18-26)47(4,44)45/h5-22H,1-4H3,(H3,35,36,37,40,41)/b38-23+,39-24+. The number of sulfone groups is 2. The predicted octanol–water partition coefficient (Wildman–Crippen LogP) is 6.37. The summed E-state index contributed by atoms with van der Waals surface area (Å²) in [5.74, 6) is 1.03. The Morgan fingerprint density at radius 1 is 0.574 bits per heavy atom. The Kier molecular flexibility index (Phi) is 9.78. The highest BCUT2D eigenvalue weighted by Gasteiger charge is 2.18. The molecule has 0 radical (unpaired) electrons. The van der Waals surface area contributed by atoms with Gasteiger partial charge in [-0.3, -0.25) is 10.9 Å². The number of hydrogen-bond acceptors (Lipinski definition) is 11. The lowest BCUT2D eigenvalue weighted by molar-refractivity contribution is 0.600. The van der Waals surface area contributed by atoms with Crippen LogP contribution in [0, 0.1) is 0 Å². The third-order valence-electron chi connectivity index (χ3n) is 7.06. The summed E-state index contributed by atoms with van der Waals surface area (Å²) in [5, 5.41) is 12.4. The lowest BCUT2D eigenvalue weighted by Crippen LogP contribution is -2.09. The lowest BCUT2D eigenvalue weighted by atomic mass is 10.1. The SMILES string of the molecule is C/C(=N\Nc1nc(Nc2ccccc2)nc(N/N=C(\C)c2ccc(S(C)(=O)=O)cc2)c1-c1ccccc1)c1ccc(S(C)(=O)=O)cc1. The first-order valence-electron chi connectivity index (χ1n) is 14.4. The molecule has 0 aliphatic carbocycles. The summed E-state index contributed by atoms with van der Waals surface area (Å²) in [7, 11) is -6.66. The molecule has 0 unspecified atom stereocenters. The van der Waals surface area contributed by atoms with Crippen molar-refractivity contribution in [3.8, 4) is 11.1 Å². The maximum absolute atomic E-state index is 11.9. The van der Waals surface area contributed by atoms with Crippen LogP contribution in [0.2, 0.25) is 0 Å². The number of aromatic nitrogens is 2. The number of nitrogens with one attached hydrogen (secondary N) is 3. The van der Waals surface area contributed by atoms with E-state index in [4.69, 9.17) is 9.97 Å². The third kappa shape index (κ3) is 8.45. The molecule has 0 fully saturated rings. The number of para-hydroxylation sites is 1. The minimum absolute atomic E-state index is 0.221. The summed E-state index contributed by atoms with van der Waals surface area (Å²) in [4.78, 5) is 9.98. The Morgan fingerprint density at radius 3 is 1.38 bits per heavy atom. The Hall–Kier alpha value is -5.40. The van der Waals surface area contributed by atoms with E-state index in [1.165, 1.54) is 0 Å². The van der Waals surface area contributed by atoms with E-state index in [-0.39, 0.29) is 15.7 Å². The zero-order valence-electron chi connectivity index (χ0n) is 26.1. The number of anilines is 4. The van der Waals surface area contributed by atoms with E-state index in [1.54, 1.807) is 62.4 Å². The first-order chi connectivity index (χ1) is 22.4. The lowest BCUT2D eigenvalue weighted by Gasteiger charge is -2.16. The minimum Gasteiger partial charge on any atom is -0.324 e. The van der Waals surface area contributed by atoms with Gasteiger partial charge in [0, 0.05) is 18.2 Å². The van der Waals surface area contributed by atoms with Crippen LogP contribution in [0.4, 0.5) is 23.3 Å². The maximum atomic E-state index is 11.9. The van der Waals surface area contributed by atoms with Crippen LogP contribution in [0.25, 0.3) is 11.1 Å². The molecule has 3 N–H and O–H groups in total. The van der Waals surface area contributed by atoms with Crippen LogP contribution >= 0.6 is 0 Å². The van der Waals surface area contributed by atoms with Gasteiger partial charge in [-0.1, -0.05) is 72.8 Å². The molecule has 0 amide bonds. The fourth-order valence-electron chi connectivity index (χ4n) is 4.50. The summed E-state index contributed by atoms with van der Waals surface area (Å²) in [5.41, 5.74) is 11.0. The summed E-state index contributed by atoms with van der Waals surface area (Å²) < 4.78 is 47.7. The van der Waals surface area contributed by atoms with Crippen molar-refractivity contribution in [2.45, 2.75) is 23.6 Å². The Labute approximate surface area is 274 Å². The van der Waals surface area contributed by atoms with Crippen molar-refractivity contribution in [3.05, 3.63) is 120 Å². The number of hydrazone groups is 2. The Balaban J connectivity index is 1.57. The topological polar surface area (TPSA) is 155 Å². The van der Waals surface area contributed by atoms with Gasteiger partial charge < -0.3 is 5.32 Å². The Bertz CT molecular complexity index is 2040. The normalized spacial score (nSPS) is 12.4. The number of rotatable bonds is 11. The van der Waals surface area contributed by atoms with Crippen molar-refractivity contribution in [2.24, 2.45) is 10.2 Å². The molecule has 0 spiro atoms. The molecule has 5 rings (SSSR count). The van der Waals surface area contributed by atoms with Gasteiger partial charge in [0.25, 0.3) is 0 Å². The van der Waals surface area contributed by atoms with Gasteiger partial charge in [-0.15, -0.1) is 0 Å². The summed E-state index contributed by atoms with van der Waals surface area (Å²) >= 11 is 0.